The van der Waals surface area contributed by atoms with Crippen LogP contribution in [0.4, 0.5) is 19.0 Å². The smallest absolute Gasteiger partial charge is 0.416 e. The number of rotatable bonds is 3. The number of aromatic nitrogens is 2. The fourth-order valence-electron chi connectivity index (χ4n) is 3.41. The van der Waals surface area contributed by atoms with Crippen LogP contribution in [0.25, 0.3) is 11.3 Å². The minimum atomic E-state index is -4.53. The number of phenolic OH excluding ortho intramolecular Hbond substituents is 1. The fraction of sp³-hybridized carbons (Fsp3) is 0.444. The van der Waals surface area contributed by atoms with Crippen LogP contribution in [0.15, 0.2) is 24.3 Å². The van der Waals surface area contributed by atoms with Crippen LogP contribution in [0.1, 0.15) is 17.5 Å². The van der Waals surface area contributed by atoms with Crippen LogP contribution in [-0.2, 0) is 6.18 Å². The maximum atomic E-state index is 12.8. The van der Waals surface area contributed by atoms with E-state index in [0.29, 0.717) is 24.8 Å². The molecule has 6 nitrogen and oxygen atoms in total. The van der Waals surface area contributed by atoms with Crippen molar-refractivity contribution in [1.82, 2.24) is 15.1 Å². The van der Waals surface area contributed by atoms with Gasteiger partial charge in [-0.1, -0.05) is 0 Å². The highest BCUT2D eigenvalue weighted by Crippen LogP contribution is 2.38. The third kappa shape index (κ3) is 4.48. The lowest BCUT2D eigenvalue weighted by atomic mass is 10.0. The summed E-state index contributed by atoms with van der Waals surface area (Å²) in [6.45, 7) is 2.85. The monoisotopic (exact) mass is 382 g/mol. The van der Waals surface area contributed by atoms with Crippen molar-refractivity contribution in [2.75, 3.05) is 25.5 Å². The molecule has 2 aromatic rings. The molecule has 1 aliphatic heterocycles. The summed E-state index contributed by atoms with van der Waals surface area (Å²) in [5.74, 6) is 0.00432. The van der Waals surface area contributed by atoms with Crippen LogP contribution in [0.3, 0.4) is 0 Å². The molecule has 1 fully saturated rings. The van der Waals surface area contributed by atoms with Gasteiger partial charge in [-0.15, -0.1) is 10.2 Å². The molecule has 0 bridgehead atoms. The van der Waals surface area contributed by atoms with Gasteiger partial charge in [-0.2, -0.15) is 13.2 Å². The number of aromatic hydroxyl groups is 1. The number of hydrogen-bond acceptors (Lipinski definition) is 6. The van der Waals surface area contributed by atoms with Gasteiger partial charge in [0.2, 0.25) is 0 Å². The van der Waals surface area contributed by atoms with Gasteiger partial charge in [-0.3, -0.25) is 0 Å². The van der Waals surface area contributed by atoms with Gasteiger partial charge in [0, 0.05) is 24.7 Å². The molecule has 146 valence electrons. The molecule has 2 unspecified atom stereocenters. The lowest BCUT2D eigenvalue weighted by Gasteiger charge is -2.33. The average Bonchev–Trinajstić information content (AvgIpc) is 2.54. The largest absolute Gasteiger partial charge is 0.507 e. The number of aliphatic hydroxyl groups excluding tert-OH is 1. The van der Waals surface area contributed by atoms with Gasteiger partial charge in [-0.25, -0.2) is 0 Å². The van der Waals surface area contributed by atoms with E-state index in [0.717, 1.165) is 12.6 Å². The van der Waals surface area contributed by atoms with Gasteiger partial charge in [0.25, 0.3) is 0 Å². The Hall–Kier alpha value is -2.39. The van der Waals surface area contributed by atoms with E-state index in [1.54, 1.807) is 12.1 Å². The summed E-state index contributed by atoms with van der Waals surface area (Å²) in [4.78, 5) is 2.01. The zero-order valence-corrected chi connectivity index (χ0v) is 15.0. The van der Waals surface area contributed by atoms with Crippen LogP contribution in [0.2, 0.25) is 0 Å². The molecule has 1 aromatic heterocycles. The highest BCUT2D eigenvalue weighted by Gasteiger charge is 2.32. The second-order valence-electron chi connectivity index (χ2n) is 6.94. The highest BCUT2D eigenvalue weighted by molar-refractivity contribution is 5.71. The zero-order chi connectivity index (χ0) is 19.8. The lowest BCUT2D eigenvalue weighted by Crippen LogP contribution is -2.46. The Bertz CT molecular complexity index is 778. The molecule has 0 saturated carbocycles. The SMILES string of the molecule is Cc1cc(C(F)(F)F)cc(O)c1-c1ccc(NC2CC(O)CN(C)C2)nn1. The summed E-state index contributed by atoms with van der Waals surface area (Å²) >= 11 is 0. The van der Waals surface area contributed by atoms with Gasteiger partial charge < -0.3 is 20.4 Å². The number of phenols is 1. The van der Waals surface area contributed by atoms with Gasteiger partial charge in [0.1, 0.15) is 11.6 Å². The molecule has 0 spiro atoms. The number of likely N-dealkylation sites (N-methyl/N-ethyl adjacent to an activating group) is 1. The minimum absolute atomic E-state index is 0.0140. The van der Waals surface area contributed by atoms with Crippen LogP contribution < -0.4 is 5.32 Å². The number of aryl methyl sites for hydroxylation is 1. The number of nitrogens with zero attached hydrogens (tertiary/aromatic N) is 3. The number of aliphatic hydroxyl groups is 1. The summed E-state index contributed by atoms with van der Waals surface area (Å²) in [5, 5.41) is 31.2. The van der Waals surface area contributed by atoms with Gasteiger partial charge in [-0.05, 0) is 50.2 Å². The van der Waals surface area contributed by atoms with E-state index in [9.17, 15) is 23.4 Å². The van der Waals surface area contributed by atoms with Crippen molar-refractivity contribution in [3.05, 3.63) is 35.4 Å². The van der Waals surface area contributed by atoms with E-state index in [-0.39, 0.29) is 22.9 Å². The molecule has 2 atom stereocenters. The Kier molecular flexibility index (Phi) is 5.25. The molecule has 1 aliphatic rings. The molecule has 1 saturated heterocycles. The van der Waals surface area contributed by atoms with Gasteiger partial charge in [0.05, 0.1) is 17.4 Å². The number of halogens is 3. The molecular formula is C18H21F3N4O2. The normalized spacial score (nSPS) is 21.3. The Morgan fingerprint density at radius 1 is 1.19 bits per heavy atom. The standard InChI is InChI=1S/C18H21F3N4O2/c1-10-5-11(18(19,20)21)6-15(27)17(10)14-3-4-16(24-23-14)22-12-7-13(26)9-25(2)8-12/h3-6,12-13,26-27H,7-9H2,1-2H3,(H,22,24). The predicted molar refractivity (Wildman–Crippen MR) is 94.4 cm³/mol. The molecule has 9 heteroatoms. The predicted octanol–water partition coefficient (Wildman–Crippen LogP) is 2.65. The van der Waals surface area contributed by atoms with Crippen LogP contribution in [0.5, 0.6) is 5.75 Å². The summed E-state index contributed by atoms with van der Waals surface area (Å²) in [7, 11) is 1.92. The fourth-order valence-corrected chi connectivity index (χ4v) is 3.41. The van der Waals surface area contributed by atoms with Crippen molar-refractivity contribution >= 4 is 5.82 Å². The number of benzene rings is 1. The Balaban J connectivity index is 1.79. The number of hydrogen-bond donors (Lipinski definition) is 3. The first-order chi connectivity index (χ1) is 12.6. The van der Waals surface area contributed by atoms with E-state index < -0.39 is 23.6 Å². The number of alkyl halides is 3. The quantitative estimate of drug-likeness (QED) is 0.757. The van der Waals surface area contributed by atoms with Crippen LogP contribution >= 0.6 is 0 Å². The third-order valence-electron chi connectivity index (χ3n) is 4.53. The Labute approximate surface area is 154 Å². The summed E-state index contributed by atoms with van der Waals surface area (Å²) in [6, 6.07) is 4.92. The van der Waals surface area contributed by atoms with Crippen molar-refractivity contribution in [2.24, 2.45) is 0 Å². The zero-order valence-electron chi connectivity index (χ0n) is 15.0. The molecule has 0 radical (unpaired) electrons. The molecule has 3 rings (SSSR count). The summed E-state index contributed by atoms with van der Waals surface area (Å²) in [6.07, 6.45) is -4.36. The first-order valence-corrected chi connectivity index (χ1v) is 8.51. The lowest BCUT2D eigenvalue weighted by molar-refractivity contribution is -0.137. The number of piperidine rings is 1. The highest BCUT2D eigenvalue weighted by atomic mass is 19.4. The van der Waals surface area contributed by atoms with E-state index in [4.69, 9.17) is 0 Å². The summed E-state index contributed by atoms with van der Waals surface area (Å²) in [5.41, 5.74) is -0.151. The molecular weight excluding hydrogens is 361 g/mol. The van der Waals surface area contributed by atoms with Crippen molar-refractivity contribution in [2.45, 2.75) is 31.7 Å². The minimum Gasteiger partial charge on any atom is -0.507 e. The summed E-state index contributed by atoms with van der Waals surface area (Å²) < 4.78 is 38.5. The maximum absolute atomic E-state index is 12.8. The number of likely N-dealkylation sites (tertiary alicyclic amines) is 1. The van der Waals surface area contributed by atoms with Crippen molar-refractivity contribution in [3.8, 4) is 17.0 Å². The second-order valence-corrected chi connectivity index (χ2v) is 6.94. The van der Waals surface area contributed by atoms with Crippen LogP contribution in [0, 0.1) is 6.92 Å². The van der Waals surface area contributed by atoms with E-state index in [1.165, 1.54) is 6.92 Å². The van der Waals surface area contributed by atoms with E-state index in [2.05, 4.69) is 15.5 Å². The van der Waals surface area contributed by atoms with Crippen molar-refractivity contribution in [1.29, 1.82) is 0 Å². The molecule has 2 heterocycles. The average molecular weight is 382 g/mol. The Morgan fingerprint density at radius 3 is 2.48 bits per heavy atom. The first kappa shape index (κ1) is 19.4. The molecule has 0 aliphatic carbocycles. The van der Waals surface area contributed by atoms with E-state index in [1.807, 2.05) is 11.9 Å². The second kappa shape index (κ2) is 7.32. The number of anilines is 1. The van der Waals surface area contributed by atoms with E-state index >= 15 is 0 Å². The first-order valence-electron chi connectivity index (χ1n) is 8.51. The topological polar surface area (TPSA) is 81.5 Å². The van der Waals surface area contributed by atoms with Gasteiger partial charge >= 0.3 is 6.18 Å². The van der Waals surface area contributed by atoms with Gasteiger partial charge in [0.15, 0.2) is 0 Å². The van der Waals surface area contributed by atoms with Crippen molar-refractivity contribution < 1.29 is 23.4 Å². The number of nitrogens with one attached hydrogen (secondary N) is 1. The van der Waals surface area contributed by atoms with Crippen LogP contribution in [-0.4, -0.2) is 57.6 Å². The Morgan fingerprint density at radius 2 is 1.93 bits per heavy atom. The molecule has 0 amide bonds. The molecule has 27 heavy (non-hydrogen) atoms. The number of β-amino-alcohol motifs (C(OH)–C–C–N with tert-alkyl or cyclic N) is 1. The maximum Gasteiger partial charge on any atom is 0.416 e. The van der Waals surface area contributed by atoms with Crippen molar-refractivity contribution in [3.63, 3.8) is 0 Å². The third-order valence-corrected chi connectivity index (χ3v) is 4.53. The molecule has 1 aromatic carbocycles. The molecule has 3 N–H and O–H groups in total.